The molecule has 1 saturated carbocycles. The highest BCUT2D eigenvalue weighted by Crippen LogP contribution is 2.40. The fraction of sp³-hybridized carbons (Fsp3) is 1.00. The number of hydrogen-bond acceptors (Lipinski definition) is 1. The molecule has 0 atom stereocenters. The third-order valence-electron chi connectivity index (χ3n) is 5.52. The van der Waals surface area contributed by atoms with E-state index in [1.807, 2.05) is 0 Å². The Balaban J connectivity index is 1.84. The van der Waals surface area contributed by atoms with Crippen LogP contribution in [-0.4, -0.2) is 28.2 Å². The van der Waals surface area contributed by atoms with E-state index in [1.54, 1.807) is 0 Å². The molecule has 0 aromatic heterocycles. The number of rotatable bonds is 2. The van der Waals surface area contributed by atoms with Gasteiger partial charge in [-0.3, -0.25) is 0 Å². The summed E-state index contributed by atoms with van der Waals surface area (Å²) in [7, 11) is 4.13. The van der Waals surface area contributed by atoms with Crippen LogP contribution in [0, 0.1) is 0 Å². The highest BCUT2D eigenvalue weighted by molar-refractivity contribution is 6.55. The molecule has 3 heteroatoms. The van der Waals surface area contributed by atoms with Crippen LogP contribution in [0.4, 0.5) is 0 Å². The van der Waals surface area contributed by atoms with Gasteiger partial charge in [-0.2, -0.15) is 0 Å². The van der Waals surface area contributed by atoms with Crippen molar-refractivity contribution in [3.05, 3.63) is 0 Å². The molecule has 1 saturated heterocycles. The molecule has 2 rings (SSSR count). The minimum absolute atomic E-state index is 0.668. The van der Waals surface area contributed by atoms with Gasteiger partial charge in [0.2, 0.25) is 0 Å². The van der Waals surface area contributed by atoms with Gasteiger partial charge in [0.1, 0.15) is 7.28 Å². The number of nitrogens with one attached hydrogen (secondary N) is 1. The third-order valence-corrected chi connectivity index (χ3v) is 5.52. The van der Waals surface area contributed by atoms with Gasteiger partial charge in [0.25, 0.3) is 0 Å². The molecule has 108 valence electrons. The predicted octanol–water partition coefficient (Wildman–Crippen LogP) is 3.26. The van der Waals surface area contributed by atoms with E-state index in [2.05, 4.69) is 13.2 Å². The summed E-state index contributed by atoms with van der Waals surface area (Å²) in [5.74, 6) is 1.02. The van der Waals surface area contributed by atoms with Crippen LogP contribution >= 0.6 is 0 Å². The smallest absolute Gasteiger partial charge is 0.122 e. The second kappa shape index (κ2) is 8.39. The molecule has 1 nitrogen and oxygen atoms in total. The zero-order valence-corrected chi connectivity index (χ0v) is 13.2. The van der Waals surface area contributed by atoms with Crippen molar-refractivity contribution in [3.8, 4) is 0 Å². The Kier molecular flexibility index (Phi) is 6.84. The van der Waals surface area contributed by atoms with Crippen molar-refractivity contribution in [1.82, 2.24) is 5.32 Å². The van der Waals surface area contributed by atoms with Gasteiger partial charge in [0.15, 0.2) is 0 Å². The first-order valence-corrected chi connectivity index (χ1v) is 8.99. The van der Waals surface area contributed by atoms with Crippen LogP contribution in [-0.2, 0) is 0 Å². The van der Waals surface area contributed by atoms with Crippen molar-refractivity contribution in [2.24, 2.45) is 0 Å². The van der Waals surface area contributed by atoms with Gasteiger partial charge in [-0.1, -0.05) is 75.2 Å². The van der Waals surface area contributed by atoms with Crippen molar-refractivity contribution in [2.75, 3.05) is 13.1 Å². The lowest BCUT2D eigenvalue weighted by molar-refractivity contribution is 0.498. The summed E-state index contributed by atoms with van der Waals surface area (Å²) in [6.45, 7) is 2.51. The molecule has 0 radical (unpaired) electrons. The average Bonchev–Trinajstić information content (AvgIpc) is 2.45. The summed E-state index contributed by atoms with van der Waals surface area (Å²) < 4.78 is 0. The normalized spacial score (nSPS) is 27.4. The Morgan fingerprint density at radius 2 is 1.32 bits per heavy atom. The topological polar surface area (TPSA) is 12.0 Å². The molecule has 0 spiro atoms. The molecule has 0 amide bonds. The molecule has 0 bridgehead atoms. The van der Waals surface area contributed by atoms with E-state index in [1.165, 1.54) is 97.4 Å². The second-order valence-electron chi connectivity index (χ2n) is 7.54. The Labute approximate surface area is 122 Å². The quantitative estimate of drug-likeness (QED) is 0.752. The molecule has 0 aromatic carbocycles. The van der Waals surface area contributed by atoms with Gasteiger partial charge in [0.05, 0.1) is 7.85 Å². The fourth-order valence-electron chi connectivity index (χ4n) is 4.34. The van der Waals surface area contributed by atoms with Crippen molar-refractivity contribution in [3.63, 3.8) is 0 Å². The lowest BCUT2D eigenvalue weighted by atomic mass is 9.34. The average molecular weight is 261 g/mol. The van der Waals surface area contributed by atoms with Crippen LogP contribution < -0.4 is 5.32 Å². The summed E-state index contributed by atoms with van der Waals surface area (Å²) in [6, 6.07) is 0. The van der Waals surface area contributed by atoms with Crippen molar-refractivity contribution >= 4 is 15.1 Å². The summed E-state index contributed by atoms with van der Waals surface area (Å²) in [5, 5.41) is 4.22. The van der Waals surface area contributed by atoms with Gasteiger partial charge in [-0.05, 0) is 25.9 Å². The second-order valence-corrected chi connectivity index (χ2v) is 7.54. The summed E-state index contributed by atoms with van der Waals surface area (Å²) in [4.78, 5) is 0. The largest absolute Gasteiger partial charge is 0.317 e. The minimum atomic E-state index is 0.668. The van der Waals surface area contributed by atoms with Gasteiger partial charge < -0.3 is 5.32 Å². The van der Waals surface area contributed by atoms with Gasteiger partial charge in [-0.25, -0.2) is 0 Å². The molecule has 1 N–H and O–H groups in total. The van der Waals surface area contributed by atoms with Gasteiger partial charge >= 0.3 is 0 Å². The van der Waals surface area contributed by atoms with Crippen LogP contribution in [0.5, 0.6) is 0 Å². The van der Waals surface area contributed by atoms with E-state index in [0.717, 1.165) is 5.82 Å². The maximum Gasteiger partial charge on any atom is 0.122 e. The predicted molar refractivity (Wildman–Crippen MR) is 90.4 cm³/mol. The Morgan fingerprint density at radius 3 is 1.89 bits per heavy atom. The maximum atomic E-state index is 3.55. The van der Waals surface area contributed by atoms with E-state index in [9.17, 15) is 0 Å². The first kappa shape index (κ1) is 15.5. The van der Waals surface area contributed by atoms with E-state index in [0.29, 0.717) is 5.21 Å². The van der Waals surface area contributed by atoms with Crippen molar-refractivity contribution in [1.29, 1.82) is 0 Å². The first-order valence-electron chi connectivity index (χ1n) is 8.99. The van der Waals surface area contributed by atoms with Gasteiger partial charge in [0, 0.05) is 0 Å². The molecular formula is C16H33B2N. The highest BCUT2D eigenvalue weighted by Gasteiger charge is 2.29. The zero-order valence-electron chi connectivity index (χ0n) is 13.2. The molecule has 2 fully saturated rings. The number of hydrogen-bond donors (Lipinski definition) is 1. The molecule has 0 aromatic rings. The Bertz CT molecular complexity index is 227. The SMILES string of the molecule is BC1(BC2CCCNCCC2)CCCCCCCC1. The van der Waals surface area contributed by atoms with Crippen molar-refractivity contribution in [2.45, 2.75) is 88.1 Å². The lowest BCUT2D eigenvalue weighted by Crippen LogP contribution is -2.28. The molecule has 2 aliphatic rings. The van der Waals surface area contributed by atoms with Gasteiger partial charge in [-0.15, -0.1) is 0 Å². The van der Waals surface area contributed by atoms with Crippen LogP contribution in [0.2, 0.25) is 11.0 Å². The molecule has 19 heavy (non-hydrogen) atoms. The van der Waals surface area contributed by atoms with Crippen LogP contribution in [0.1, 0.15) is 77.0 Å². The first-order chi connectivity index (χ1) is 9.29. The standard InChI is InChI=1S/C16H33B2N/c17-16(11-5-3-1-2-4-6-12-16)18-15-9-7-13-19-14-8-10-15/h15,18-19H,1-14,17H2. The Morgan fingerprint density at radius 1 is 0.789 bits per heavy atom. The van der Waals surface area contributed by atoms with E-state index < -0.39 is 0 Å². The summed E-state index contributed by atoms with van der Waals surface area (Å²) in [5.41, 5.74) is 0. The molecule has 1 heterocycles. The lowest BCUT2D eigenvalue weighted by Gasteiger charge is -2.33. The summed E-state index contributed by atoms with van der Waals surface area (Å²) >= 11 is 0. The molecule has 1 aliphatic carbocycles. The van der Waals surface area contributed by atoms with Crippen LogP contribution in [0.25, 0.3) is 0 Å². The third kappa shape index (κ3) is 5.94. The summed E-state index contributed by atoms with van der Waals surface area (Å²) in [6.07, 6.45) is 17.7. The Hall–Kier alpha value is 0.0899. The van der Waals surface area contributed by atoms with E-state index in [4.69, 9.17) is 0 Å². The van der Waals surface area contributed by atoms with Crippen molar-refractivity contribution < 1.29 is 0 Å². The molecule has 0 unspecified atom stereocenters. The van der Waals surface area contributed by atoms with Crippen LogP contribution in [0.15, 0.2) is 0 Å². The fourth-order valence-corrected chi connectivity index (χ4v) is 4.34. The van der Waals surface area contributed by atoms with Crippen LogP contribution in [0.3, 0.4) is 0 Å². The zero-order chi connectivity index (χ0) is 13.4. The minimum Gasteiger partial charge on any atom is -0.317 e. The highest BCUT2D eigenvalue weighted by atomic mass is 14.8. The maximum absolute atomic E-state index is 3.55. The molecule has 1 aliphatic heterocycles. The monoisotopic (exact) mass is 261 g/mol. The van der Waals surface area contributed by atoms with E-state index in [-0.39, 0.29) is 0 Å². The molecular weight excluding hydrogens is 228 g/mol. The van der Waals surface area contributed by atoms with E-state index >= 15 is 0 Å².